The standard InChI is InChI=1S/C15H22BrNO/c1-2-15(8-3-4-9-15)11-17-10-12-6-5-7-13(16)14(12)18/h5-7,17-18H,2-4,8-11H2,1H3. The van der Waals surface area contributed by atoms with Crippen LogP contribution >= 0.6 is 15.9 Å². The molecule has 0 unspecified atom stereocenters. The molecule has 1 aliphatic carbocycles. The van der Waals surface area contributed by atoms with E-state index in [4.69, 9.17) is 0 Å². The molecule has 3 heteroatoms. The smallest absolute Gasteiger partial charge is 0.134 e. The molecule has 2 N–H and O–H groups in total. The highest BCUT2D eigenvalue weighted by atomic mass is 79.9. The zero-order valence-electron chi connectivity index (χ0n) is 11.0. The molecule has 0 saturated heterocycles. The molecule has 1 aromatic rings. The van der Waals surface area contributed by atoms with Crippen molar-refractivity contribution < 1.29 is 5.11 Å². The molecule has 1 aliphatic rings. The first-order valence-electron chi connectivity index (χ1n) is 6.84. The Balaban J connectivity index is 1.90. The Hall–Kier alpha value is -0.540. The van der Waals surface area contributed by atoms with E-state index < -0.39 is 0 Å². The van der Waals surface area contributed by atoms with Crippen LogP contribution in [0.5, 0.6) is 5.75 Å². The molecule has 0 aliphatic heterocycles. The van der Waals surface area contributed by atoms with Crippen molar-refractivity contribution in [3.05, 3.63) is 28.2 Å². The highest BCUT2D eigenvalue weighted by Crippen LogP contribution is 2.40. The summed E-state index contributed by atoms with van der Waals surface area (Å²) in [5, 5.41) is 13.4. The number of halogens is 1. The molecular weight excluding hydrogens is 290 g/mol. The molecule has 0 radical (unpaired) electrons. The van der Waals surface area contributed by atoms with Crippen molar-refractivity contribution in [1.82, 2.24) is 5.32 Å². The molecule has 1 fully saturated rings. The summed E-state index contributed by atoms with van der Waals surface area (Å²) in [7, 11) is 0. The van der Waals surface area contributed by atoms with E-state index in [-0.39, 0.29) is 0 Å². The molecule has 0 amide bonds. The summed E-state index contributed by atoms with van der Waals surface area (Å²) in [4.78, 5) is 0. The maximum absolute atomic E-state index is 9.92. The highest BCUT2D eigenvalue weighted by Gasteiger charge is 2.31. The lowest BCUT2D eigenvalue weighted by molar-refractivity contribution is 0.267. The Morgan fingerprint density at radius 3 is 2.72 bits per heavy atom. The second-order valence-corrected chi connectivity index (χ2v) is 6.27. The lowest BCUT2D eigenvalue weighted by atomic mass is 9.83. The molecule has 18 heavy (non-hydrogen) atoms. The zero-order valence-corrected chi connectivity index (χ0v) is 12.6. The van der Waals surface area contributed by atoms with E-state index in [2.05, 4.69) is 28.2 Å². The topological polar surface area (TPSA) is 32.3 Å². The van der Waals surface area contributed by atoms with Crippen LogP contribution in [-0.2, 0) is 6.54 Å². The quantitative estimate of drug-likeness (QED) is 0.853. The lowest BCUT2D eigenvalue weighted by Crippen LogP contribution is -2.31. The van der Waals surface area contributed by atoms with Gasteiger partial charge in [0, 0.05) is 18.7 Å². The molecule has 0 atom stereocenters. The summed E-state index contributed by atoms with van der Waals surface area (Å²) >= 11 is 3.35. The van der Waals surface area contributed by atoms with Gasteiger partial charge in [-0.3, -0.25) is 0 Å². The van der Waals surface area contributed by atoms with Gasteiger partial charge in [0.1, 0.15) is 5.75 Å². The van der Waals surface area contributed by atoms with Gasteiger partial charge in [-0.2, -0.15) is 0 Å². The van der Waals surface area contributed by atoms with Crippen LogP contribution in [0.25, 0.3) is 0 Å². The minimum Gasteiger partial charge on any atom is -0.506 e. The number of hydrogen-bond acceptors (Lipinski definition) is 2. The van der Waals surface area contributed by atoms with Crippen molar-refractivity contribution in [2.45, 2.75) is 45.6 Å². The van der Waals surface area contributed by atoms with Crippen molar-refractivity contribution in [2.24, 2.45) is 5.41 Å². The fraction of sp³-hybridized carbons (Fsp3) is 0.600. The van der Waals surface area contributed by atoms with Gasteiger partial charge in [-0.15, -0.1) is 0 Å². The maximum Gasteiger partial charge on any atom is 0.134 e. The van der Waals surface area contributed by atoms with Crippen LogP contribution in [0.3, 0.4) is 0 Å². The van der Waals surface area contributed by atoms with E-state index in [1.807, 2.05) is 18.2 Å². The number of hydrogen-bond donors (Lipinski definition) is 2. The van der Waals surface area contributed by atoms with Crippen LogP contribution in [0.2, 0.25) is 0 Å². The van der Waals surface area contributed by atoms with Gasteiger partial charge in [-0.25, -0.2) is 0 Å². The predicted molar refractivity (Wildman–Crippen MR) is 78.7 cm³/mol. The Morgan fingerprint density at radius 2 is 2.06 bits per heavy atom. The number of para-hydroxylation sites is 1. The Labute approximate surface area is 118 Å². The monoisotopic (exact) mass is 311 g/mol. The summed E-state index contributed by atoms with van der Waals surface area (Å²) < 4.78 is 0.771. The number of phenolic OH excluding ortho intramolecular Hbond substituents is 1. The molecule has 0 heterocycles. The molecule has 0 spiro atoms. The summed E-state index contributed by atoms with van der Waals surface area (Å²) in [6.07, 6.45) is 6.70. The Bertz CT molecular complexity index is 399. The van der Waals surface area contributed by atoms with Gasteiger partial charge in [0.2, 0.25) is 0 Å². The van der Waals surface area contributed by atoms with Gasteiger partial charge in [0.05, 0.1) is 4.47 Å². The van der Waals surface area contributed by atoms with Crippen LogP contribution in [0.4, 0.5) is 0 Å². The van der Waals surface area contributed by atoms with Crippen molar-refractivity contribution in [1.29, 1.82) is 0 Å². The molecule has 0 aromatic heterocycles. The first-order chi connectivity index (χ1) is 8.67. The third-order valence-corrected chi connectivity index (χ3v) is 4.94. The van der Waals surface area contributed by atoms with E-state index in [1.165, 1.54) is 32.1 Å². The minimum absolute atomic E-state index is 0.363. The van der Waals surface area contributed by atoms with Gasteiger partial charge in [-0.1, -0.05) is 31.9 Å². The van der Waals surface area contributed by atoms with Gasteiger partial charge in [0.15, 0.2) is 0 Å². The summed E-state index contributed by atoms with van der Waals surface area (Å²) in [6, 6.07) is 5.80. The van der Waals surface area contributed by atoms with E-state index in [0.29, 0.717) is 11.2 Å². The first kappa shape index (κ1) is 13.9. The first-order valence-corrected chi connectivity index (χ1v) is 7.63. The second-order valence-electron chi connectivity index (χ2n) is 5.41. The van der Waals surface area contributed by atoms with Crippen LogP contribution < -0.4 is 5.32 Å². The fourth-order valence-electron chi connectivity index (χ4n) is 2.95. The van der Waals surface area contributed by atoms with E-state index in [1.54, 1.807) is 0 Å². The fourth-order valence-corrected chi connectivity index (χ4v) is 3.35. The number of nitrogens with one attached hydrogen (secondary N) is 1. The Kier molecular flexibility index (Phi) is 4.68. The minimum atomic E-state index is 0.363. The third-order valence-electron chi connectivity index (χ3n) is 4.30. The van der Waals surface area contributed by atoms with Crippen LogP contribution in [0, 0.1) is 5.41 Å². The number of benzene rings is 1. The molecular formula is C15H22BrNO. The highest BCUT2D eigenvalue weighted by molar-refractivity contribution is 9.10. The van der Waals surface area contributed by atoms with Crippen molar-refractivity contribution in [2.75, 3.05) is 6.54 Å². The van der Waals surface area contributed by atoms with E-state index >= 15 is 0 Å². The zero-order chi connectivity index (χ0) is 13.0. The largest absolute Gasteiger partial charge is 0.506 e. The summed E-state index contributed by atoms with van der Waals surface area (Å²) in [5.74, 6) is 0.363. The molecule has 2 rings (SSSR count). The van der Waals surface area contributed by atoms with Crippen LogP contribution in [-0.4, -0.2) is 11.7 Å². The van der Waals surface area contributed by atoms with Crippen molar-refractivity contribution in [3.8, 4) is 5.75 Å². The maximum atomic E-state index is 9.92. The van der Waals surface area contributed by atoms with Gasteiger partial charge < -0.3 is 10.4 Å². The molecule has 1 saturated carbocycles. The molecule has 1 aromatic carbocycles. The molecule has 100 valence electrons. The summed E-state index contributed by atoms with van der Waals surface area (Å²) in [6.45, 7) is 4.10. The lowest BCUT2D eigenvalue weighted by Gasteiger charge is -2.28. The molecule has 0 bridgehead atoms. The van der Waals surface area contributed by atoms with E-state index in [0.717, 1.165) is 23.1 Å². The SMILES string of the molecule is CCC1(CNCc2cccc(Br)c2O)CCCC1. The number of rotatable bonds is 5. The Morgan fingerprint density at radius 1 is 1.33 bits per heavy atom. The van der Waals surface area contributed by atoms with Crippen molar-refractivity contribution >= 4 is 15.9 Å². The average molecular weight is 312 g/mol. The van der Waals surface area contributed by atoms with Crippen LogP contribution in [0.1, 0.15) is 44.6 Å². The third kappa shape index (κ3) is 3.07. The average Bonchev–Trinajstić information content (AvgIpc) is 2.84. The summed E-state index contributed by atoms with van der Waals surface area (Å²) in [5.41, 5.74) is 1.47. The number of phenols is 1. The predicted octanol–water partition coefficient (Wildman–Crippen LogP) is 4.21. The van der Waals surface area contributed by atoms with Crippen molar-refractivity contribution in [3.63, 3.8) is 0 Å². The van der Waals surface area contributed by atoms with Gasteiger partial charge in [0.25, 0.3) is 0 Å². The van der Waals surface area contributed by atoms with Gasteiger partial charge in [-0.05, 0) is 46.7 Å². The van der Waals surface area contributed by atoms with E-state index in [9.17, 15) is 5.11 Å². The normalized spacial score (nSPS) is 18.1. The second kappa shape index (κ2) is 6.07. The number of aromatic hydroxyl groups is 1. The molecule has 2 nitrogen and oxygen atoms in total. The van der Waals surface area contributed by atoms with Crippen LogP contribution in [0.15, 0.2) is 22.7 Å². The van der Waals surface area contributed by atoms with Gasteiger partial charge >= 0.3 is 0 Å².